The highest BCUT2D eigenvalue weighted by Crippen LogP contribution is 2.37. The molecule has 0 saturated carbocycles. The van der Waals surface area contributed by atoms with E-state index < -0.39 is 5.54 Å². The monoisotopic (exact) mass is 402 g/mol. The zero-order chi connectivity index (χ0) is 20.7. The first kappa shape index (κ1) is 18.9. The zero-order valence-corrected chi connectivity index (χ0v) is 17.2. The minimum atomic E-state index is -0.706. The second-order valence-electron chi connectivity index (χ2n) is 8.39. The van der Waals surface area contributed by atoms with Gasteiger partial charge in [0.25, 0.3) is 5.91 Å². The quantitative estimate of drug-likeness (QED) is 0.679. The van der Waals surface area contributed by atoms with Gasteiger partial charge in [0, 0.05) is 43.8 Å². The Hall–Kier alpha value is -3.12. The van der Waals surface area contributed by atoms with Gasteiger partial charge >= 0.3 is 6.03 Å². The van der Waals surface area contributed by atoms with Gasteiger partial charge in [-0.2, -0.15) is 0 Å². The summed E-state index contributed by atoms with van der Waals surface area (Å²) in [5.74, 6) is -0.0504. The van der Waals surface area contributed by atoms with E-state index in [0.717, 1.165) is 30.7 Å². The number of nitrogens with one attached hydrogen (secondary N) is 1. The average molecular weight is 402 g/mol. The number of nitrogens with zero attached hydrogens (tertiary/aromatic N) is 3. The van der Waals surface area contributed by atoms with Gasteiger partial charge in [-0.05, 0) is 30.0 Å². The molecule has 0 bridgehead atoms. The highest BCUT2D eigenvalue weighted by molar-refractivity contribution is 6.07. The van der Waals surface area contributed by atoms with Crippen LogP contribution in [-0.4, -0.2) is 57.3 Å². The van der Waals surface area contributed by atoms with Gasteiger partial charge in [-0.15, -0.1) is 0 Å². The van der Waals surface area contributed by atoms with Gasteiger partial charge in [-0.3, -0.25) is 14.6 Å². The van der Waals surface area contributed by atoms with E-state index in [-0.39, 0.29) is 11.9 Å². The molecule has 2 fully saturated rings. The lowest BCUT2D eigenvalue weighted by Gasteiger charge is -2.40. The third kappa shape index (κ3) is 2.99. The molecule has 3 heterocycles. The normalized spacial score (nSPS) is 19.4. The summed E-state index contributed by atoms with van der Waals surface area (Å²) in [6, 6.07) is 17.8. The fourth-order valence-electron chi connectivity index (χ4n) is 4.88. The maximum Gasteiger partial charge on any atom is 0.327 e. The van der Waals surface area contributed by atoms with Crippen LogP contribution >= 0.6 is 0 Å². The largest absolute Gasteiger partial charge is 0.361 e. The molecule has 2 saturated heterocycles. The van der Waals surface area contributed by atoms with Gasteiger partial charge in [0.2, 0.25) is 0 Å². The smallest absolute Gasteiger partial charge is 0.327 e. The standard InChI is InChI=1S/C24H26N4O2/c1-26-23(30)28(16-18-7-3-2-4-8-18)22(29)24(26)11-13-27(14-12-24)17-19-15-25-21-10-6-5-9-20(19)21/h2-10,15,25H,11-14,16-17H2,1H3. The van der Waals surface area contributed by atoms with Crippen molar-refractivity contribution in [2.75, 3.05) is 20.1 Å². The number of urea groups is 1. The van der Waals surface area contributed by atoms with Crippen molar-refractivity contribution in [3.8, 4) is 0 Å². The molecule has 0 radical (unpaired) electrons. The number of fused-ring (bicyclic) bond motifs is 1. The summed E-state index contributed by atoms with van der Waals surface area (Å²) in [6.07, 6.45) is 3.41. The van der Waals surface area contributed by atoms with Gasteiger partial charge < -0.3 is 9.88 Å². The van der Waals surface area contributed by atoms with Crippen LogP contribution in [0.3, 0.4) is 0 Å². The Morgan fingerprint density at radius 1 is 0.933 bits per heavy atom. The molecule has 2 aliphatic rings. The maximum atomic E-state index is 13.3. The van der Waals surface area contributed by atoms with Crippen LogP contribution in [0.1, 0.15) is 24.0 Å². The molecule has 30 heavy (non-hydrogen) atoms. The van der Waals surface area contributed by atoms with E-state index in [2.05, 4.69) is 34.3 Å². The fourth-order valence-corrected chi connectivity index (χ4v) is 4.88. The highest BCUT2D eigenvalue weighted by atomic mass is 16.2. The molecule has 1 spiro atoms. The van der Waals surface area contributed by atoms with Crippen molar-refractivity contribution >= 4 is 22.8 Å². The number of carbonyl (C=O) groups excluding carboxylic acids is 2. The average Bonchev–Trinajstić information content (AvgIpc) is 3.26. The second-order valence-corrected chi connectivity index (χ2v) is 8.39. The van der Waals surface area contributed by atoms with Crippen LogP contribution in [0.15, 0.2) is 60.8 Å². The van der Waals surface area contributed by atoms with E-state index >= 15 is 0 Å². The van der Waals surface area contributed by atoms with Crippen molar-refractivity contribution in [2.24, 2.45) is 0 Å². The topological polar surface area (TPSA) is 59.7 Å². The molecule has 6 heteroatoms. The lowest BCUT2D eigenvalue weighted by Crippen LogP contribution is -2.55. The van der Waals surface area contributed by atoms with E-state index in [4.69, 9.17) is 0 Å². The summed E-state index contributed by atoms with van der Waals surface area (Å²) in [7, 11) is 1.78. The van der Waals surface area contributed by atoms with E-state index in [1.807, 2.05) is 36.4 Å². The van der Waals surface area contributed by atoms with Gasteiger partial charge in [0.1, 0.15) is 5.54 Å². The predicted molar refractivity (Wildman–Crippen MR) is 116 cm³/mol. The number of hydrogen-bond acceptors (Lipinski definition) is 3. The van der Waals surface area contributed by atoms with Crippen molar-refractivity contribution in [3.63, 3.8) is 0 Å². The van der Waals surface area contributed by atoms with E-state index in [1.54, 1.807) is 11.9 Å². The molecular weight excluding hydrogens is 376 g/mol. The molecule has 5 rings (SSSR count). The Bertz CT molecular complexity index is 1080. The lowest BCUT2D eigenvalue weighted by molar-refractivity contribution is -0.135. The number of likely N-dealkylation sites (N-methyl/N-ethyl adjacent to an activating group) is 1. The van der Waals surface area contributed by atoms with Crippen molar-refractivity contribution in [1.29, 1.82) is 0 Å². The predicted octanol–water partition coefficient (Wildman–Crippen LogP) is 3.60. The van der Waals surface area contributed by atoms with Crippen LogP contribution in [-0.2, 0) is 17.9 Å². The first-order valence-electron chi connectivity index (χ1n) is 10.5. The highest BCUT2D eigenvalue weighted by Gasteiger charge is 2.56. The molecule has 1 aromatic heterocycles. The lowest BCUT2D eigenvalue weighted by atomic mass is 9.86. The molecule has 2 aromatic carbocycles. The third-order valence-electron chi connectivity index (χ3n) is 6.74. The number of piperidine rings is 1. The number of amides is 3. The van der Waals surface area contributed by atoms with E-state index in [1.165, 1.54) is 15.8 Å². The number of imide groups is 1. The van der Waals surface area contributed by atoms with Gasteiger partial charge in [-0.1, -0.05) is 48.5 Å². The Kier molecular flexibility index (Phi) is 4.59. The Morgan fingerprint density at radius 2 is 1.63 bits per heavy atom. The minimum absolute atomic E-state index is 0.0504. The summed E-state index contributed by atoms with van der Waals surface area (Å²) in [4.78, 5) is 35.1. The Labute approximate surface area is 176 Å². The second kappa shape index (κ2) is 7.29. The van der Waals surface area contributed by atoms with Gasteiger partial charge in [-0.25, -0.2) is 4.79 Å². The van der Waals surface area contributed by atoms with E-state index in [9.17, 15) is 9.59 Å². The molecule has 3 aromatic rings. The Morgan fingerprint density at radius 3 is 2.40 bits per heavy atom. The van der Waals surface area contributed by atoms with Crippen molar-refractivity contribution in [3.05, 3.63) is 71.9 Å². The fraction of sp³-hybridized carbons (Fsp3) is 0.333. The molecule has 3 amide bonds. The number of rotatable bonds is 4. The van der Waals surface area contributed by atoms with Crippen LogP contribution in [0.25, 0.3) is 10.9 Å². The maximum absolute atomic E-state index is 13.3. The first-order chi connectivity index (χ1) is 14.6. The SMILES string of the molecule is CN1C(=O)N(Cc2ccccc2)C(=O)C12CCN(Cc1c[nH]c3ccccc13)CC2. The number of likely N-dealkylation sites (tertiary alicyclic amines) is 1. The molecule has 154 valence electrons. The third-order valence-corrected chi connectivity index (χ3v) is 6.74. The molecule has 1 N–H and O–H groups in total. The number of aromatic nitrogens is 1. The van der Waals surface area contributed by atoms with Crippen molar-refractivity contribution in [2.45, 2.75) is 31.5 Å². The summed E-state index contributed by atoms with van der Waals surface area (Å²) < 4.78 is 0. The van der Waals surface area contributed by atoms with Crippen molar-refractivity contribution in [1.82, 2.24) is 19.7 Å². The summed E-state index contributed by atoms with van der Waals surface area (Å²) in [5, 5.41) is 1.25. The molecule has 2 aliphatic heterocycles. The molecule has 6 nitrogen and oxygen atoms in total. The number of benzene rings is 2. The summed E-state index contributed by atoms with van der Waals surface area (Å²) in [6.45, 7) is 2.77. The number of carbonyl (C=O) groups is 2. The van der Waals surface area contributed by atoms with Gasteiger partial charge in [0.15, 0.2) is 0 Å². The number of aromatic amines is 1. The van der Waals surface area contributed by atoms with Gasteiger partial charge in [0.05, 0.1) is 6.54 Å². The minimum Gasteiger partial charge on any atom is -0.361 e. The van der Waals surface area contributed by atoms with Crippen LogP contribution < -0.4 is 0 Å². The van der Waals surface area contributed by atoms with Crippen LogP contribution in [0.4, 0.5) is 4.79 Å². The number of hydrogen-bond donors (Lipinski definition) is 1. The summed E-state index contributed by atoms with van der Waals surface area (Å²) in [5.41, 5.74) is 2.69. The van der Waals surface area contributed by atoms with Crippen LogP contribution in [0, 0.1) is 0 Å². The number of H-pyrrole nitrogens is 1. The Balaban J connectivity index is 1.29. The molecule has 0 aliphatic carbocycles. The van der Waals surface area contributed by atoms with Crippen molar-refractivity contribution < 1.29 is 9.59 Å². The summed E-state index contributed by atoms with van der Waals surface area (Å²) >= 11 is 0. The number of para-hydroxylation sites is 1. The molecule has 0 unspecified atom stereocenters. The first-order valence-corrected chi connectivity index (χ1v) is 10.5. The molecule has 0 atom stereocenters. The van der Waals surface area contributed by atoms with Crippen LogP contribution in [0.2, 0.25) is 0 Å². The van der Waals surface area contributed by atoms with Crippen LogP contribution in [0.5, 0.6) is 0 Å². The van der Waals surface area contributed by atoms with E-state index in [0.29, 0.717) is 19.4 Å². The zero-order valence-electron chi connectivity index (χ0n) is 17.2. The molecular formula is C24H26N4O2.